The summed E-state index contributed by atoms with van der Waals surface area (Å²) in [5.41, 5.74) is 1.65. The molecule has 146 valence electrons. The maximum Gasteiger partial charge on any atom is 0.490 e. The highest BCUT2D eigenvalue weighted by Crippen LogP contribution is 2.25. The Labute approximate surface area is 155 Å². The van der Waals surface area contributed by atoms with Gasteiger partial charge in [-0.3, -0.25) is 4.79 Å². The molecule has 11 heteroatoms. The maximum absolute atomic E-state index is 12.9. The summed E-state index contributed by atoms with van der Waals surface area (Å²) in [5, 5.41) is 12.8. The minimum Gasteiger partial charge on any atom is -0.475 e. The molecule has 1 aromatic carbocycles. The summed E-state index contributed by atoms with van der Waals surface area (Å²) in [5.74, 6) is -2.91. The summed E-state index contributed by atoms with van der Waals surface area (Å²) >= 11 is 1.44. The Bertz CT molecular complexity index is 789. The molecule has 27 heavy (non-hydrogen) atoms. The molecule has 0 spiro atoms. The molecule has 0 aliphatic carbocycles. The third kappa shape index (κ3) is 6.20. The number of carbonyl (C=O) groups is 2. The standard InChI is InChI=1S/C14H14FN3OS.C2HF3O2/c15-11-4-2-10(3-5-11)12-9-20-14(17-12)16-8-13(19)18-6-1-7-18;3-2(4,5)1(6)7/h2-5,9H,1,6-8H2,(H,16,17);(H,6,7). The molecule has 1 saturated heterocycles. The summed E-state index contributed by atoms with van der Waals surface area (Å²) in [4.78, 5) is 26.8. The first-order chi connectivity index (χ1) is 12.7. The number of likely N-dealkylation sites (tertiary alicyclic amines) is 1. The third-order valence-corrected chi connectivity index (χ3v) is 4.29. The molecular formula is C16H15F4N3O3S. The number of aromatic nitrogens is 1. The number of carboxylic acid groups (broad SMARTS) is 1. The molecule has 1 aliphatic heterocycles. The van der Waals surface area contributed by atoms with E-state index in [1.807, 2.05) is 10.3 Å². The van der Waals surface area contributed by atoms with Gasteiger partial charge in [-0.2, -0.15) is 13.2 Å². The van der Waals surface area contributed by atoms with E-state index in [2.05, 4.69) is 10.3 Å². The highest BCUT2D eigenvalue weighted by molar-refractivity contribution is 7.14. The lowest BCUT2D eigenvalue weighted by molar-refractivity contribution is -0.192. The van der Waals surface area contributed by atoms with Crippen LogP contribution in [0.15, 0.2) is 29.6 Å². The Morgan fingerprint density at radius 3 is 2.30 bits per heavy atom. The molecule has 1 aromatic heterocycles. The number of nitrogens with zero attached hydrogens (tertiary/aromatic N) is 2. The van der Waals surface area contributed by atoms with Crippen LogP contribution in [-0.2, 0) is 9.59 Å². The molecule has 0 bridgehead atoms. The van der Waals surface area contributed by atoms with Gasteiger partial charge in [0.25, 0.3) is 0 Å². The van der Waals surface area contributed by atoms with Gasteiger partial charge < -0.3 is 15.3 Å². The summed E-state index contributed by atoms with van der Waals surface area (Å²) in [7, 11) is 0. The van der Waals surface area contributed by atoms with Gasteiger partial charge >= 0.3 is 12.1 Å². The molecule has 1 aliphatic rings. The van der Waals surface area contributed by atoms with Crippen molar-refractivity contribution in [3.05, 3.63) is 35.5 Å². The lowest BCUT2D eigenvalue weighted by Gasteiger charge is -2.30. The smallest absolute Gasteiger partial charge is 0.475 e. The molecular weight excluding hydrogens is 390 g/mol. The zero-order chi connectivity index (χ0) is 20.0. The zero-order valence-electron chi connectivity index (χ0n) is 13.8. The van der Waals surface area contributed by atoms with Crippen LogP contribution >= 0.6 is 11.3 Å². The maximum atomic E-state index is 12.9. The molecule has 0 radical (unpaired) electrons. The molecule has 0 saturated carbocycles. The quantitative estimate of drug-likeness (QED) is 0.764. The number of carbonyl (C=O) groups excluding carboxylic acids is 1. The van der Waals surface area contributed by atoms with Gasteiger partial charge in [0, 0.05) is 24.0 Å². The molecule has 0 unspecified atom stereocenters. The van der Waals surface area contributed by atoms with E-state index in [1.54, 1.807) is 12.1 Å². The molecule has 2 N–H and O–H groups in total. The van der Waals surface area contributed by atoms with E-state index < -0.39 is 12.1 Å². The van der Waals surface area contributed by atoms with E-state index in [0.717, 1.165) is 30.8 Å². The van der Waals surface area contributed by atoms with E-state index >= 15 is 0 Å². The molecule has 0 atom stereocenters. The van der Waals surface area contributed by atoms with Crippen LogP contribution in [0.4, 0.5) is 22.7 Å². The minimum atomic E-state index is -5.08. The SMILES string of the molecule is O=C(CNc1nc(-c2ccc(F)cc2)cs1)N1CCC1.O=C(O)C(F)(F)F. The largest absolute Gasteiger partial charge is 0.490 e. The number of halogens is 4. The topological polar surface area (TPSA) is 82.5 Å². The molecule has 6 nitrogen and oxygen atoms in total. The van der Waals surface area contributed by atoms with E-state index in [4.69, 9.17) is 9.90 Å². The van der Waals surface area contributed by atoms with Crippen LogP contribution in [0.1, 0.15) is 6.42 Å². The predicted molar refractivity (Wildman–Crippen MR) is 90.9 cm³/mol. The fraction of sp³-hybridized carbons (Fsp3) is 0.312. The van der Waals surface area contributed by atoms with Gasteiger partial charge in [0.05, 0.1) is 12.2 Å². The van der Waals surface area contributed by atoms with Crippen molar-refractivity contribution in [3.63, 3.8) is 0 Å². The van der Waals surface area contributed by atoms with Gasteiger partial charge in [-0.1, -0.05) is 0 Å². The van der Waals surface area contributed by atoms with Gasteiger partial charge in [-0.05, 0) is 30.7 Å². The fourth-order valence-corrected chi connectivity index (χ4v) is 2.66. The van der Waals surface area contributed by atoms with Crippen LogP contribution in [0.25, 0.3) is 11.3 Å². The van der Waals surface area contributed by atoms with Crippen LogP contribution in [0.3, 0.4) is 0 Å². The van der Waals surface area contributed by atoms with Crippen LogP contribution in [0.2, 0.25) is 0 Å². The average molecular weight is 405 g/mol. The number of carboxylic acids is 1. The number of hydrogen-bond donors (Lipinski definition) is 2. The lowest BCUT2D eigenvalue weighted by atomic mass is 10.2. The Morgan fingerprint density at radius 1 is 1.22 bits per heavy atom. The van der Waals surface area contributed by atoms with Gasteiger partial charge in [0.2, 0.25) is 5.91 Å². The molecule has 2 aromatic rings. The summed E-state index contributed by atoms with van der Waals surface area (Å²) in [6, 6.07) is 6.21. The number of alkyl halides is 3. The fourth-order valence-electron chi connectivity index (χ4n) is 1.94. The number of aliphatic carboxylic acids is 1. The summed E-state index contributed by atoms with van der Waals surface area (Å²) < 4.78 is 44.6. The normalized spacial score (nSPS) is 13.3. The van der Waals surface area contributed by atoms with Crippen molar-refractivity contribution in [2.75, 3.05) is 25.0 Å². The average Bonchev–Trinajstić information content (AvgIpc) is 3.00. The number of benzene rings is 1. The van der Waals surface area contributed by atoms with Crippen molar-refractivity contribution in [2.24, 2.45) is 0 Å². The second-order valence-corrected chi connectivity index (χ2v) is 6.29. The van der Waals surface area contributed by atoms with Gasteiger partial charge in [0.15, 0.2) is 5.13 Å². The van der Waals surface area contributed by atoms with E-state index in [0.29, 0.717) is 5.13 Å². The second kappa shape index (κ2) is 8.80. The summed E-state index contributed by atoms with van der Waals surface area (Å²) in [6.07, 6.45) is -3.99. The predicted octanol–water partition coefficient (Wildman–Crippen LogP) is 3.23. The highest BCUT2D eigenvalue weighted by atomic mass is 32.1. The highest BCUT2D eigenvalue weighted by Gasteiger charge is 2.38. The molecule has 1 amide bonds. The van der Waals surface area contributed by atoms with Crippen LogP contribution in [-0.4, -0.2) is 52.7 Å². The third-order valence-electron chi connectivity index (χ3n) is 3.49. The first-order valence-corrected chi connectivity index (χ1v) is 8.58. The van der Waals surface area contributed by atoms with Crippen LogP contribution in [0.5, 0.6) is 0 Å². The first kappa shape index (κ1) is 20.6. The van der Waals surface area contributed by atoms with Crippen molar-refractivity contribution < 1.29 is 32.3 Å². The molecule has 3 rings (SSSR count). The van der Waals surface area contributed by atoms with E-state index in [9.17, 15) is 22.4 Å². The molecule has 2 heterocycles. The minimum absolute atomic E-state index is 0.106. The summed E-state index contributed by atoms with van der Waals surface area (Å²) in [6.45, 7) is 1.99. The van der Waals surface area contributed by atoms with Crippen LogP contribution < -0.4 is 5.32 Å². The zero-order valence-corrected chi connectivity index (χ0v) is 14.6. The monoisotopic (exact) mass is 405 g/mol. The molecule has 1 fully saturated rings. The van der Waals surface area contributed by atoms with Crippen molar-refractivity contribution in [1.29, 1.82) is 0 Å². The Kier molecular flexibility index (Phi) is 6.72. The number of nitrogens with one attached hydrogen (secondary N) is 1. The lowest BCUT2D eigenvalue weighted by Crippen LogP contribution is -2.44. The Hall–Kier alpha value is -2.69. The van der Waals surface area contributed by atoms with E-state index in [1.165, 1.54) is 23.5 Å². The van der Waals surface area contributed by atoms with Crippen molar-refractivity contribution >= 4 is 28.3 Å². The van der Waals surface area contributed by atoms with E-state index in [-0.39, 0.29) is 18.3 Å². The number of thiazole rings is 1. The van der Waals surface area contributed by atoms with Crippen LogP contribution in [0, 0.1) is 5.82 Å². The van der Waals surface area contributed by atoms with Gasteiger partial charge in [0.1, 0.15) is 5.82 Å². The number of amides is 1. The number of anilines is 1. The van der Waals surface area contributed by atoms with Crippen molar-refractivity contribution in [1.82, 2.24) is 9.88 Å². The second-order valence-electron chi connectivity index (χ2n) is 5.44. The van der Waals surface area contributed by atoms with Crippen molar-refractivity contribution in [3.8, 4) is 11.3 Å². The van der Waals surface area contributed by atoms with Crippen molar-refractivity contribution in [2.45, 2.75) is 12.6 Å². The number of rotatable bonds is 4. The Morgan fingerprint density at radius 2 is 1.81 bits per heavy atom. The first-order valence-electron chi connectivity index (χ1n) is 7.70. The van der Waals surface area contributed by atoms with Gasteiger partial charge in [-0.15, -0.1) is 11.3 Å². The number of hydrogen-bond acceptors (Lipinski definition) is 5. The van der Waals surface area contributed by atoms with Gasteiger partial charge in [-0.25, -0.2) is 14.2 Å². The Balaban J connectivity index is 0.000000321.